The number of halogens is 1. The Morgan fingerprint density at radius 1 is 1.19 bits per heavy atom. The molecule has 1 saturated heterocycles. The lowest BCUT2D eigenvalue weighted by atomic mass is 10.1. The normalized spacial score (nSPS) is 21.2. The lowest BCUT2D eigenvalue weighted by molar-refractivity contribution is 0.00102. The minimum absolute atomic E-state index is 0. The Labute approximate surface area is 185 Å². The molecule has 2 aliphatic rings. The molecule has 1 heterocycles. The Bertz CT molecular complexity index is 468. The number of hydrogen-bond acceptors (Lipinski definition) is 3. The average Bonchev–Trinajstić information content (AvgIpc) is 3.12. The monoisotopic (exact) mass is 513 g/mol. The predicted octanol–water partition coefficient (Wildman–Crippen LogP) is 3.79. The minimum Gasteiger partial charge on any atom is -0.378 e. The zero-order valence-corrected chi connectivity index (χ0v) is 20.8. The first-order valence-electron chi connectivity index (χ1n) is 10.4. The van der Waals surface area contributed by atoms with Crippen molar-refractivity contribution in [3.8, 4) is 0 Å². The molecule has 5 nitrogen and oxygen atoms in total. The molecule has 2 fully saturated rings. The van der Waals surface area contributed by atoms with Crippen LogP contribution in [0.15, 0.2) is 4.99 Å². The van der Waals surface area contributed by atoms with Crippen molar-refractivity contribution < 1.29 is 8.95 Å². The van der Waals surface area contributed by atoms with Crippen LogP contribution >= 0.6 is 24.0 Å². The van der Waals surface area contributed by atoms with Crippen molar-refractivity contribution in [2.45, 2.75) is 77.1 Å². The summed E-state index contributed by atoms with van der Waals surface area (Å²) in [5.41, 5.74) is 0. The van der Waals surface area contributed by atoms with Gasteiger partial charge in [0.25, 0.3) is 0 Å². The number of guanidine groups is 1. The maximum Gasteiger partial charge on any atom is 0.193 e. The highest BCUT2D eigenvalue weighted by molar-refractivity contribution is 14.0. The van der Waals surface area contributed by atoms with Gasteiger partial charge in [0.05, 0.1) is 12.6 Å². The predicted molar refractivity (Wildman–Crippen MR) is 127 cm³/mol. The summed E-state index contributed by atoms with van der Waals surface area (Å²) in [6, 6.07) is 0. The molecule has 2 rings (SSSR count). The van der Waals surface area contributed by atoms with Gasteiger partial charge in [0.2, 0.25) is 0 Å². The van der Waals surface area contributed by atoms with E-state index in [2.05, 4.69) is 17.1 Å². The minimum atomic E-state index is -0.846. The molecule has 1 aliphatic carbocycles. The largest absolute Gasteiger partial charge is 0.378 e. The molecular weight excluding hydrogens is 473 g/mol. The molecule has 0 aromatic heterocycles. The SMILES string of the molecule is CCNC(=NCCS(=O)C(C)(C)C)N1CCC(OCC2CCCC2)CC1.I. The van der Waals surface area contributed by atoms with Crippen LogP contribution in [-0.2, 0) is 15.5 Å². The second kappa shape index (κ2) is 12.6. The van der Waals surface area contributed by atoms with Crippen LogP contribution in [0.3, 0.4) is 0 Å². The third-order valence-electron chi connectivity index (χ3n) is 5.34. The summed E-state index contributed by atoms with van der Waals surface area (Å²) in [6.07, 6.45) is 8.03. The molecule has 1 unspecified atom stereocenters. The first-order valence-corrected chi connectivity index (χ1v) is 11.8. The van der Waals surface area contributed by atoms with E-state index >= 15 is 0 Å². The highest BCUT2D eigenvalue weighted by Gasteiger charge is 2.24. The smallest absolute Gasteiger partial charge is 0.193 e. The van der Waals surface area contributed by atoms with Gasteiger partial charge in [0.1, 0.15) is 0 Å². The van der Waals surface area contributed by atoms with Crippen molar-refractivity contribution in [2.24, 2.45) is 10.9 Å². The molecule has 0 aromatic rings. The first-order chi connectivity index (χ1) is 12.4. The maximum absolute atomic E-state index is 12.2. The van der Waals surface area contributed by atoms with Crippen molar-refractivity contribution in [2.75, 3.05) is 38.5 Å². The number of ether oxygens (including phenoxy) is 1. The lowest BCUT2D eigenvalue weighted by Crippen LogP contribution is -2.47. The third kappa shape index (κ3) is 8.98. The van der Waals surface area contributed by atoms with Gasteiger partial charge >= 0.3 is 0 Å². The van der Waals surface area contributed by atoms with E-state index in [1.165, 1.54) is 25.7 Å². The van der Waals surface area contributed by atoms with Crippen LogP contribution in [0.5, 0.6) is 0 Å². The lowest BCUT2D eigenvalue weighted by Gasteiger charge is -2.34. The number of piperidine rings is 1. The molecular formula is C20H40IN3O2S. The molecule has 7 heteroatoms. The van der Waals surface area contributed by atoms with Gasteiger partial charge in [-0.2, -0.15) is 0 Å². The molecule has 0 bridgehead atoms. The van der Waals surface area contributed by atoms with E-state index in [4.69, 9.17) is 9.73 Å². The number of nitrogens with zero attached hydrogens (tertiary/aromatic N) is 2. The zero-order valence-electron chi connectivity index (χ0n) is 17.7. The van der Waals surface area contributed by atoms with E-state index in [-0.39, 0.29) is 28.7 Å². The fraction of sp³-hybridized carbons (Fsp3) is 0.950. The summed E-state index contributed by atoms with van der Waals surface area (Å²) in [5, 5.41) is 3.39. The quantitative estimate of drug-likeness (QED) is 0.320. The number of nitrogens with one attached hydrogen (secondary N) is 1. The van der Waals surface area contributed by atoms with Gasteiger partial charge in [-0.05, 0) is 59.3 Å². The van der Waals surface area contributed by atoms with Gasteiger partial charge in [-0.1, -0.05) is 12.8 Å². The van der Waals surface area contributed by atoms with Crippen LogP contribution in [0, 0.1) is 5.92 Å². The molecule has 160 valence electrons. The van der Waals surface area contributed by atoms with Crippen molar-refractivity contribution in [3.05, 3.63) is 0 Å². The standard InChI is InChI=1S/C20H39N3O2S.HI/c1-5-21-19(22-12-15-26(24)20(2,3)4)23-13-10-18(11-14-23)25-16-17-8-6-7-9-17;/h17-18H,5-16H2,1-4H3,(H,21,22);1H. The van der Waals surface area contributed by atoms with Crippen LogP contribution < -0.4 is 5.32 Å². The van der Waals surface area contributed by atoms with Crippen LogP contribution in [0.4, 0.5) is 0 Å². The molecule has 0 spiro atoms. The molecule has 0 radical (unpaired) electrons. The number of hydrogen-bond donors (Lipinski definition) is 1. The van der Waals surface area contributed by atoms with E-state index < -0.39 is 10.8 Å². The number of aliphatic imine (C=N–C) groups is 1. The molecule has 0 amide bonds. The van der Waals surface area contributed by atoms with E-state index in [1.54, 1.807) is 0 Å². The summed E-state index contributed by atoms with van der Waals surface area (Å²) < 4.78 is 18.2. The fourth-order valence-corrected chi connectivity index (χ4v) is 4.52. The third-order valence-corrected chi connectivity index (χ3v) is 7.26. The first kappa shape index (κ1) is 25.1. The summed E-state index contributed by atoms with van der Waals surface area (Å²) in [4.78, 5) is 7.05. The topological polar surface area (TPSA) is 53.9 Å². The van der Waals surface area contributed by atoms with E-state index in [0.717, 1.165) is 51.0 Å². The van der Waals surface area contributed by atoms with E-state index in [1.807, 2.05) is 20.8 Å². The highest BCUT2D eigenvalue weighted by atomic mass is 127. The second-order valence-corrected chi connectivity index (χ2v) is 10.9. The Balaban J connectivity index is 0.00000364. The van der Waals surface area contributed by atoms with Gasteiger partial charge in [-0.25, -0.2) is 0 Å². The van der Waals surface area contributed by atoms with Gasteiger partial charge in [0.15, 0.2) is 5.96 Å². The molecule has 1 atom stereocenters. The van der Waals surface area contributed by atoms with Crippen molar-refractivity contribution in [3.63, 3.8) is 0 Å². The van der Waals surface area contributed by atoms with Gasteiger partial charge in [-0.15, -0.1) is 24.0 Å². The molecule has 0 aromatic carbocycles. The zero-order chi connectivity index (χ0) is 19.0. The Kier molecular flexibility index (Phi) is 11.8. The molecule has 27 heavy (non-hydrogen) atoms. The Morgan fingerprint density at radius 2 is 1.81 bits per heavy atom. The van der Waals surface area contributed by atoms with Gasteiger partial charge in [-0.3, -0.25) is 9.20 Å². The van der Waals surface area contributed by atoms with Crippen LogP contribution in [0.2, 0.25) is 0 Å². The van der Waals surface area contributed by atoms with E-state index in [9.17, 15) is 4.21 Å². The van der Waals surface area contributed by atoms with Gasteiger partial charge < -0.3 is 15.0 Å². The average molecular weight is 514 g/mol. The van der Waals surface area contributed by atoms with E-state index in [0.29, 0.717) is 18.4 Å². The van der Waals surface area contributed by atoms with Crippen LogP contribution in [0.25, 0.3) is 0 Å². The van der Waals surface area contributed by atoms with Crippen molar-refractivity contribution in [1.29, 1.82) is 0 Å². The molecule has 1 N–H and O–H groups in total. The summed E-state index contributed by atoms with van der Waals surface area (Å²) in [5.74, 6) is 2.39. The fourth-order valence-electron chi connectivity index (χ4n) is 3.65. The van der Waals surface area contributed by atoms with Crippen LogP contribution in [-0.4, -0.2) is 64.5 Å². The number of rotatable bonds is 7. The summed E-state index contributed by atoms with van der Waals surface area (Å²) in [7, 11) is -0.846. The number of likely N-dealkylation sites (tertiary alicyclic amines) is 1. The second-order valence-electron chi connectivity index (χ2n) is 8.57. The highest BCUT2D eigenvalue weighted by Crippen LogP contribution is 2.26. The van der Waals surface area contributed by atoms with Gasteiger partial charge in [0, 0.05) is 47.5 Å². The Hall–Kier alpha value is 0.110. The molecule has 1 saturated carbocycles. The summed E-state index contributed by atoms with van der Waals surface area (Å²) in [6.45, 7) is 12.6. The Morgan fingerprint density at radius 3 is 2.37 bits per heavy atom. The summed E-state index contributed by atoms with van der Waals surface area (Å²) >= 11 is 0. The van der Waals surface area contributed by atoms with Crippen molar-refractivity contribution >= 4 is 40.7 Å². The molecule has 1 aliphatic heterocycles. The maximum atomic E-state index is 12.2. The van der Waals surface area contributed by atoms with Crippen molar-refractivity contribution in [1.82, 2.24) is 10.2 Å². The van der Waals surface area contributed by atoms with Crippen LogP contribution in [0.1, 0.15) is 66.2 Å².